The van der Waals surface area contributed by atoms with Crippen LogP contribution in [0.1, 0.15) is 19.8 Å². The van der Waals surface area contributed by atoms with Crippen LogP contribution >= 0.6 is 11.6 Å². The molecule has 1 rings (SSSR count). The van der Waals surface area contributed by atoms with Gasteiger partial charge in [0.15, 0.2) is 0 Å². The van der Waals surface area contributed by atoms with E-state index in [-0.39, 0.29) is 12.0 Å². The van der Waals surface area contributed by atoms with Gasteiger partial charge in [-0.2, -0.15) is 13.2 Å². The van der Waals surface area contributed by atoms with Gasteiger partial charge in [0.05, 0.1) is 0 Å². The molecule has 0 aliphatic carbocycles. The topological polar surface area (TPSA) is 12.5 Å². The first-order chi connectivity index (χ1) is 7.88. The summed E-state index contributed by atoms with van der Waals surface area (Å²) in [7, 11) is 0. The molecule has 102 valence electrons. The van der Waals surface area contributed by atoms with Gasteiger partial charge >= 0.3 is 6.18 Å². The van der Waals surface area contributed by atoms with E-state index in [2.05, 4.69) is 16.6 Å². The van der Waals surface area contributed by atoms with Crippen molar-refractivity contribution in [3.05, 3.63) is 0 Å². The second-order valence-electron chi connectivity index (χ2n) is 4.60. The lowest BCUT2D eigenvalue weighted by molar-refractivity contribution is -0.174. The molecule has 1 fully saturated rings. The van der Waals surface area contributed by atoms with Crippen molar-refractivity contribution in [3.63, 3.8) is 0 Å². The van der Waals surface area contributed by atoms with Gasteiger partial charge < -0.3 is 9.64 Å². The Bertz CT molecular complexity index is 225. The standard InChI is InChI=1S/C11H19ClF3NO/c1-9-3-5-16(7-10(9)12)4-2-6-17-8-11(13,14)15/h9-10H,2-8H2,1H3. The van der Waals surface area contributed by atoms with Gasteiger partial charge in [0.1, 0.15) is 6.61 Å². The van der Waals surface area contributed by atoms with Crippen molar-refractivity contribution in [3.8, 4) is 0 Å². The van der Waals surface area contributed by atoms with E-state index in [4.69, 9.17) is 11.6 Å². The van der Waals surface area contributed by atoms with E-state index in [1.54, 1.807) is 0 Å². The Balaban J connectivity index is 2.04. The number of alkyl halides is 4. The summed E-state index contributed by atoms with van der Waals surface area (Å²) >= 11 is 6.14. The highest BCUT2D eigenvalue weighted by atomic mass is 35.5. The number of rotatable bonds is 5. The first-order valence-electron chi connectivity index (χ1n) is 5.89. The molecule has 1 aliphatic rings. The van der Waals surface area contributed by atoms with E-state index in [1.807, 2.05) is 0 Å². The minimum Gasteiger partial charge on any atom is -0.372 e. The largest absolute Gasteiger partial charge is 0.411 e. The summed E-state index contributed by atoms with van der Waals surface area (Å²) < 4.78 is 39.9. The molecule has 17 heavy (non-hydrogen) atoms. The fourth-order valence-corrected chi connectivity index (χ4v) is 2.19. The average molecular weight is 274 g/mol. The molecule has 0 aromatic heterocycles. The van der Waals surface area contributed by atoms with Crippen molar-refractivity contribution in [1.29, 1.82) is 0 Å². The lowest BCUT2D eigenvalue weighted by atomic mass is 9.98. The Morgan fingerprint density at radius 2 is 2.12 bits per heavy atom. The van der Waals surface area contributed by atoms with Crippen LogP contribution in [0.15, 0.2) is 0 Å². The number of halogens is 4. The maximum Gasteiger partial charge on any atom is 0.411 e. The Labute approximate surface area is 105 Å². The highest BCUT2D eigenvalue weighted by Crippen LogP contribution is 2.21. The maximum absolute atomic E-state index is 11.8. The molecule has 2 unspecified atom stereocenters. The van der Waals surface area contributed by atoms with Crippen molar-refractivity contribution < 1.29 is 17.9 Å². The van der Waals surface area contributed by atoms with Crippen molar-refractivity contribution in [2.75, 3.05) is 32.8 Å². The number of hydrogen-bond acceptors (Lipinski definition) is 2. The minimum absolute atomic E-state index is 0.151. The van der Waals surface area contributed by atoms with Gasteiger partial charge in [0.25, 0.3) is 0 Å². The Morgan fingerprint density at radius 3 is 2.71 bits per heavy atom. The molecule has 1 aliphatic heterocycles. The Morgan fingerprint density at radius 1 is 1.41 bits per heavy atom. The minimum atomic E-state index is -4.22. The van der Waals surface area contributed by atoms with Gasteiger partial charge in [0, 0.05) is 25.1 Å². The summed E-state index contributed by atoms with van der Waals surface area (Å²) in [5.74, 6) is 0.523. The molecule has 0 spiro atoms. The normalized spacial score (nSPS) is 27.4. The maximum atomic E-state index is 11.8. The van der Waals surface area contributed by atoms with Gasteiger partial charge in [-0.15, -0.1) is 11.6 Å². The third kappa shape index (κ3) is 6.48. The summed E-state index contributed by atoms with van der Waals surface area (Å²) in [5, 5.41) is 0.153. The van der Waals surface area contributed by atoms with Gasteiger partial charge in [0.2, 0.25) is 0 Å². The molecule has 0 radical (unpaired) electrons. The predicted octanol–water partition coefficient (Wildman–Crippen LogP) is 2.90. The van der Waals surface area contributed by atoms with Crippen molar-refractivity contribution in [2.45, 2.75) is 31.3 Å². The molecule has 0 aromatic carbocycles. The van der Waals surface area contributed by atoms with Crippen LogP contribution in [0.2, 0.25) is 0 Å². The zero-order valence-electron chi connectivity index (χ0n) is 9.97. The van der Waals surface area contributed by atoms with E-state index in [0.29, 0.717) is 12.3 Å². The molecule has 1 saturated heterocycles. The highest BCUT2D eigenvalue weighted by molar-refractivity contribution is 6.21. The Kier molecular flexibility index (Phi) is 6.03. The predicted molar refractivity (Wildman–Crippen MR) is 61.4 cm³/mol. The summed E-state index contributed by atoms with van der Waals surface area (Å²) in [6.45, 7) is 3.68. The van der Waals surface area contributed by atoms with Crippen LogP contribution in [0.5, 0.6) is 0 Å². The van der Waals surface area contributed by atoms with Crippen LogP contribution < -0.4 is 0 Å². The van der Waals surface area contributed by atoms with Crippen LogP contribution in [0, 0.1) is 5.92 Å². The highest BCUT2D eigenvalue weighted by Gasteiger charge is 2.27. The second-order valence-corrected chi connectivity index (χ2v) is 5.16. The van der Waals surface area contributed by atoms with Gasteiger partial charge in [-0.25, -0.2) is 0 Å². The molecule has 0 aromatic rings. The number of nitrogens with zero attached hydrogens (tertiary/aromatic N) is 1. The van der Waals surface area contributed by atoms with Crippen LogP contribution in [0.4, 0.5) is 13.2 Å². The quantitative estimate of drug-likeness (QED) is 0.564. The smallest absolute Gasteiger partial charge is 0.372 e. The lowest BCUT2D eigenvalue weighted by Gasteiger charge is -2.33. The van der Waals surface area contributed by atoms with E-state index in [0.717, 1.165) is 26.1 Å². The molecule has 0 N–H and O–H groups in total. The first-order valence-corrected chi connectivity index (χ1v) is 6.33. The van der Waals surface area contributed by atoms with Gasteiger partial charge in [-0.1, -0.05) is 6.92 Å². The van der Waals surface area contributed by atoms with E-state index >= 15 is 0 Å². The van der Waals surface area contributed by atoms with E-state index in [9.17, 15) is 13.2 Å². The van der Waals surface area contributed by atoms with Crippen molar-refractivity contribution in [1.82, 2.24) is 4.90 Å². The first kappa shape index (κ1) is 15.1. The summed E-state index contributed by atoms with van der Waals surface area (Å²) in [6, 6.07) is 0. The Hall–Kier alpha value is -0.0000000000000000555. The van der Waals surface area contributed by atoms with Gasteiger partial charge in [-0.3, -0.25) is 0 Å². The monoisotopic (exact) mass is 273 g/mol. The summed E-state index contributed by atoms with van der Waals surface area (Å²) in [5.41, 5.74) is 0. The lowest BCUT2D eigenvalue weighted by Crippen LogP contribution is -2.41. The molecular weight excluding hydrogens is 255 g/mol. The molecule has 0 amide bonds. The van der Waals surface area contributed by atoms with Crippen LogP contribution in [0.3, 0.4) is 0 Å². The molecule has 2 atom stereocenters. The van der Waals surface area contributed by atoms with Crippen molar-refractivity contribution in [2.24, 2.45) is 5.92 Å². The third-order valence-corrected chi connectivity index (χ3v) is 3.55. The second kappa shape index (κ2) is 6.81. The number of hydrogen-bond donors (Lipinski definition) is 0. The molecule has 1 heterocycles. The zero-order valence-corrected chi connectivity index (χ0v) is 10.7. The SMILES string of the molecule is CC1CCN(CCCOCC(F)(F)F)CC1Cl. The van der Waals surface area contributed by atoms with Crippen LogP contribution in [-0.2, 0) is 4.74 Å². The van der Waals surface area contributed by atoms with Crippen LogP contribution in [0.25, 0.3) is 0 Å². The molecule has 0 bridgehead atoms. The third-order valence-electron chi connectivity index (χ3n) is 2.98. The molecule has 2 nitrogen and oxygen atoms in total. The molecule has 0 saturated carbocycles. The molecule has 6 heteroatoms. The van der Waals surface area contributed by atoms with E-state index < -0.39 is 12.8 Å². The fourth-order valence-electron chi connectivity index (χ4n) is 1.87. The molecular formula is C11H19ClF3NO. The van der Waals surface area contributed by atoms with E-state index in [1.165, 1.54) is 0 Å². The van der Waals surface area contributed by atoms with Gasteiger partial charge in [-0.05, 0) is 25.3 Å². The van der Waals surface area contributed by atoms with Crippen LogP contribution in [-0.4, -0.2) is 49.3 Å². The fraction of sp³-hybridized carbons (Fsp3) is 1.00. The number of ether oxygens (including phenoxy) is 1. The summed E-state index contributed by atoms with van der Waals surface area (Å²) in [4.78, 5) is 2.19. The number of likely N-dealkylation sites (tertiary alicyclic amines) is 1. The number of piperidine rings is 1. The zero-order chi connectivity index (χ0) is 12.9. The van der Waals surface area contributed by atoms with Crippen molar-refractivity contribution >= 4 is 11.6 Å². The summed E-state index contributed by atoms with van der Waals surface area (Å²) in [6.07, 6.45) is -2.55. The average Bonchev–Trinajstić information content (AvgIpc) is 2.21.